The summed E-state index contributed by atoms with van der Waals surface area (Å²) in [6, 6.07) is 23.3. The predicted molar refractivity (Wildman–Crippen MR) is 311 cm³/mol. The molecule has 0 aromatic heterocycles. The zero-order valence-corrected chi connectivity index (χ0v) is 52.3. The third-order valence-electron chi connectivity index (χ3n) is 12.6. The van der Waals surface area contributed by atoms with E-state index in [1.54, 1.807) is 62.6 Å². The van der Waals surface area contributed by atoms with Crippen LogP contribution in [0.4, 0.5) is 37.7 Å². The summed E-state index contributed by atoms with van der Waals surface area (Å²) in [7, 11) is 8.66. The topological polar surface area (TPSA) is 263 Å². The van der Waals surface area contributed by atoms with Crippen LogP contribution in [0.2, 0.25) is 0 Å². The molecule has 0 saturated heterocycles. The number of aliphatic carboxylic acids is 1. The molecule has 0 fully saturated rings. The zero-order chi connectivity index (χ0) is 64.2. The number of aliphatic hydroxyl groups is 1. The Kier molecular flexibility index (Phi) is 34.3. The molecule has 4 atom stereocenters. The molecule has 2 unspecified atom stereocenters. The molecule has 0 bridgehead atoms. The van der Waals surface area contributed by atoms with Gasteiger partial charge in [0.2, 0.25) is 24.1 Å². The van der Waals surface area contributed by atoms with Gasteiger partial charge >= 0.3 is 41.9 Å². The number of nitrogens with one attached hydrogen (secondary N) is 2. The van der Waals surface area contributed by atoms with E-state index in [1.807, 2.05) is 19.0 Å². The molecule has 4 amide bonds. The van der Waals surface area contributed by atoms with E-state index in [-0.39, 0.29) is 53.8 Å². The summed E-state index contributed by atoms with van der Waals surface area (Å²) < 4.78 is 86.8. The van der Waals surface area contributed by atoms with E-state index in [4.69, 9.17) is 20.7 Å². The number of nitrogens with zero attached hydrogens (tertiary/aromatic N) is 5. The summed E-state index contributed by atoms with van der Waals surface area (Å²) in [4.78, 5) is 95.6. The van der Waals surface area contributed by atoms with Gasteiger partial charge in [-0.15, -0.1) is 0 Å². The van der Waals surface area contributed by atoms with Gasteiger partial charge in [0.15, 0.2) is 0 Å². The number of carbonyl (C=O) groups is 7. The molecule has 0 aliphatic carbocycles. The fourth-order valence-corrected chi connectivity index (χ4v) is 8.38. The molecule has 464 valence electrons. The number of alkyl halides is 6. The van der Waals surface area contributed by atoms with Gasteiger partial charge in [0.1, 0.15) is 7.69 Å². The average Bonchev–Trinajstić information content (AvgIpc) is 3.65. The summed E-state index contributed by atoms with van der Waals surface area (Å²) >= 11 is 0. The van der Waals surface area contributed by atoms with Crippen molar-refractivity contribution in [3.05, 3.63) is 130 Å². The molecule has 6 rings (SSSR count). The van der Waals surface area contributed by atoms with Crippen molar-refractivity contribution in [3.63, 3.8) is 0 Å². The van der Waals surface area contributed by atoms with E-state index in [0.29, 0.717) is 72.1 Å². The molecule has 86 heavy (non-hydrogen) atoms. The Labute approximate surface area is 520 Å². The maximum absolute atomic E-state index is 13.4. The first-order chi connectivity index (χ1) is 40.0. The van der Waals surface area contributed by atoms with Crippen molar-refractivity contribution in [3.8, 4) is 0 Å². The molecule has 2 radical (unpaired) electrons. The fraction of sp³-hybridized carbons (Fsp3) is 0.441. The SMILES string of the molecule is CC(=O)O.CC(=O)O[B-]OC(C)=O.CCCCC[C@@H](CN(C)C)C(=O)NC1N=C(c2ccc(C(F)(F)F)cc2)c2ccccc2N(C)C1=O.CCCCC[C@@H](CN)C(=O)NC1N=C(c2ccc(C(F)(F)F)cc2)c2ccccc2N(C)C1=O.CO.[Na+]. The number of unbranched alkanes of at least 4 members (excludes halogenated alkanes) is 4. The van der Waals surface area contributed by atoms with Crippen molar-refractivity contribution >= 4 is 72.0 Å². The third kappa shape index (κ3) is 25.2. The molecule has 2 aliphatic heterocycles. The monoisotopic (exact) mass is 1220 g/mol. The number of fused-ring (bicyclic) bond motifs is 2. The summed E-state index contributed by atoms with van der Waals surface area (Å²) in [6.07, 6.45) is -4.34. The number of benzodiazepines with no additional fused rings is 2. The Bertz CT molecular complexity index is 2880. The summed E-state index contributed by atoms with van der Waals surface area (Å²) in [5.41, 5.74) is 8.02. The maximum Gasteiger partial charge on any atom is 1.00 e. The van der Waals surface area contributed by atoms with Crippen LogP contribution in [0.3, 0.4) is 0 Å². The minimum Gasteiger partial charge on any atom is -0.702 e. The normalized spacial score (nSPS) is 15.0. The molecule has 19 nitrogen and oxygen atoms in total. The predicted octanol–water partition coefficient (Wildman–Crippen LogP) is 5.19. The number of carbonyl (C=O) groups excluding carboxylic acids is 6. The number of aliphatic imine (C=N–C) groups is 2. The number of anilines is 2. The first kappa shape index (κ1) is 77.0. The van der Waals surface area contributed by atoms with Crippen LogP contribution in [-0.4, -0.2) is 136 Å². The number of likely N-dealkylation sites (N-methyl/N-ethyl adjacent to an activating group) is 2. The van der Waals surface area contributed by atoms with Gasteiger partial charge in [-0.1, -0.05) is 113 Å². The second-order valence-electron chi connectivity index (χ2n) is 19.5. The summed E-state index contributed by atoms with van der Waals surface area (Å²) in [5.74, 6) is -4.16. The van der Waals surface area contributed by atoms with Gasteiger partial charge in [0, 0.05) is 77.3 Å². The van der Waals surface area contributed by atoms with Crippen LogP contribution in [0, 0.1) is 11.8 Å². The van der Waals surface area contributed by atoms with Gasteiger partial charge in [-0.2, -0.15) is 26.3 Å². The van der Waals surface area contributed by atoms with Crippen molar-refractivity contribution in [1.82, 2.24) is 15.5 Å². The molecule has 0 spiro atoms. The second kappa shape index (κ2) is 38.2. The van der Waals surface area contributed by atoms with E-state index in [2.05, 4.69) is 43.8 Å². The van der Waals surface area contributed by atoms with Gasteiger partial charge in [-0.3, -0.25) is 33.6 Å². The Morgan fingerprint density at radius 3 is 1.28 bits per heavy atom. The maximum atomic E-state index is 13.4. The molecule has 0 saturated carbocycles. The molecule has 2 heterocycles. The first-order valence-corrected chi connectivity index (χ1v) is 27.1. The van der Waals surface area contributed by atoms with E-state index in [1.165, 1.54) is 47.9 Å². The van der Waals surface area contributed by atoms with Crippen molar-refractivity contribution < 1.29 is 109 Å². The van der Waals surface area contributed by atoms with Crippen molar-refractivity contribution in [2.45, 2.75) is 111 Å². The molecule has 4 aromatic carbocycles. The number of rotatable bonds is 19. The van der Waals surface area contributed by atoms with Crippen LogP contribution < -0.4 is 55.7 Å². The number of carboxylic acid groups (broad SMARTS) is 1. The Hall–Kier alpha value is -6.97. The minimum absolute atomic E-state index is 0. The summed E-state index contributed by atoms with van der Waals surface area (Å²) in [6.45, 7) is 8.33. The first-order valence-electron chi connectivity index (χ1n) is 27.1. The zero-order valence-electron chi connectivity index (χ0n) is 50.3. The molecule has 27 heteroatoms. The Morgan fingerprint density at radius 1 is 0.628 bits per heavy atom. The van der Waals surface area contributed by atoms with Crippen LogP contribution >= 0.6 is 0 Å². The van der Waals surface area contributed by atoms with Crippen molar-refractivity contribution in [1.29, 1.82) is 0 Å². The number of halogens is 6. The van der Waals surface area contributed by atoms with Gasteiger partial charge in [-0.05, 0) is 63.3 Å². The number of nitrogens with two attached hydrogens (primary N) is 1. The van der Waals surface area contributed by atoms with E-state index >= 15 is 0 Å². The van der Waals surface area contributed by atoms with Crippen LogP contribution in [0.15, 0.2) is 107 Å². The largest absolute Gasteiger partial charge is 1.00 e. The Morgan fingerprint density at radius 2 is 0.965 bits per heavy atom. The van der Waals surface area contributed by atoms with Crippen LogP contribution in [0.1, 0.15) is 119 Å². The molecule has 4 aromatic rings. The number of para-hydroxylation sites is 2. The van der Waals surface area contributed by atoms with Crippen LogP contribution in [0.25, 0.3) is 0 Å². The van der Waals surface area contributed by atoms with Gasteiger partial charge in [-0.25, -0.2) is 9.98 Å². The number of benzene rings is 4. The Balaban J connectivity index is 0.000000690. The van der Waals surface area contributed by atoms with E-state index in [0.717, 1.165) is 76.8 Å². The van der Waals surface area contributed by atoms with Crippen LogP contribution in [0.5, 0.6) is 0 Å². The molecular formula is C59H76BF6N8NaO11. The number of carboxylic acids is 1. The molecular weight excluding hydrogens is 1140 g/mol. The van der Waals surface area contributed by atoms with Gasteiger partial charge in [0.05, 0.1) is 45.8 Å². The fourth-order valence-electron chi connectivity index (χ4n) is 8.38. The molecule has 6 N–H and O–H groups in total. The number of hydrogen-bond donors (Lipinski definition) is 5. The van der Waals surface area contributed by atoms with Gasteiger partial charge < -0.3 is 50.6 Å². The quantitative estimate of drug-likeness (QED) is 0.0461. The minimum atomic E-state index is -4.47. The van der Waals surface area contributed by atoms with Crippen molar-refractivity contribution in [2.24, 2.45) is 27.6 Å². The van der Waals surface area contributed by atoms with E-state index in [9.17, 15) is 55.1 Å². The smallest absolute Gasteiger partial charge is 0.702 e. The molecule has 2 aliphatic rings. The van der Waals surface area contributed by atoms with Crippen LogP contribution in [-0.2, 0) is 55.2 Å². The standard InChI is InChI=1S/C27H33F3N4O2.C25H29F3N4O2.C4H6BO4.C2H4O2.CH4O.Na/c1-5-6-7-10-19(17-33(2)3)25(35)32-24-26(36)34(4)22-12-9-8-11-21(22)23(31-24)18-13-15-20(16-14-18)27(28,29)30;1-3-4-5-8-17(15-29)23(33)31-22-24(34)32(2)20-10-7-6-9-19(20)21(30-22)16-11-13-18(14-12-16)25(26,27)28;1-3(6)8-5-9-4(2)7;1-2(3)4;1-2;/h8-9,11-16,19,24H,5-7,10,17H2,1-4H3,(H,32,35);6-7,9-14,17,22H,3-5,8,15,29H2,1-2H3,(H,31,33);1-2H3;1H3,(H,3,4);2H,1H3;/q;;-1;;;+1/t19-,24?;17-,22?;;;;/m00..../s1. The number of hydrogen-bond acceptors (Lipinski definition) is 14. The number of aliphatic hydroxyl groups excluding tert-OH is 1. The van der Waals surface area contributed by atoms with Crippen molar-refractivity contribution in [2.75, 3.05) is 58.2 Å². The second-order valence-corrected chi connectivity index (χ2v) is 19.5. The third-order valence-corrected chi connectivity index (χ3v) is 12.6. The number of amides is 4. The average molecular weight is 1220 g/mol. The van der Waals surface area contributed by atoms with E-state index < -0.39 is 71.5 Å². The summed E-state index contributed by atoms with van der Waals surface area (Å²) in [5, 5.41) is 19.9. The van der Waals surface area contributed by atoms with Gasteiger partial charge in [0.25, 0.3) is 29.7 Å².